The standard InChI is InChI=1S/C22H29N5O4S2/c1-2-10-27-21(24-25-22(27)32-16-20(28)23-18-7-3-4-8-18)17-6-5-9-19(15-17)33(29,30)26-11-13-31-14-12-26/h2,5-6,9,15,18H,1,3-4,7-8,10-14,16H2,(H,23,28). The van der Waals surface area contributed by atoms with Crippen LogP contribution in [0.4, 0.5) is 0 Å². The number of carbonyl (C=O) groups is 1. The number of aromatic nitrogens is 3. The molecular weight excluding hydrogens is 462 g/mol. The lowest BCUT2D eigenvalue weighted by molar-refractivity contribution is -0.119. The summed E-state index contributed by atoms with van der Waals surface area (Å²) in [5.74, 6) is 0.768. The maximum Gasteiger partial charge on any atom is 0.243 e. The van der Waals surface area contributed by atoms with E-state index in [0.717, 1.165) is 25.7 Å². The van der Waals surface area contributed by atoms with Crippen LogP contribution in [0.1, 0.15) is 25.7 Å². The molecule has 2 heterocycles. The van der Waals surface area contributed by atoms with Gasteiger partial charge in [-0.15, -0.1) is 16.8 Å². The summed E-state index contributed by atoms with van der Waals surface area (Å²) in [7, 11) is -3.63. The normalized spacial score (nSPS) is 17.8. The minimum absolute atomic E-state index is 0.0137. The molecule has 0 spiro atoms. The van der Waals surface area contributed by atoms with Crippen LogP contribution in [-0.2, 0) is 26.1 Å². The van der Waals surface area contributed by atoms with Crippen LogP contribution in [0.15, 0.2) is 47.0 Å². The second kappa shape index (κ2) is 10.8. The summed E-state index contributed by atoms with van der Waals surface area (Å²) >= 11 is 1.32. The van der Waals surface area contributed by atoms with Crippen LogP contribution < -0.4 is 5.32 Å². The van der Waals surface area contributed by atoms with E-state index in [1.54, 1.807) is 24.3 Å². The molecule has 1 aliphatic heterocycles. The zero-order chi connectivity index (χ0) is 23.3. The number of hydrogen-bond donors (Lipinski definition) is 1. The van der Waals surface area contributed by atoms with Crippen molar-refractivity contribution >= 4 is 27.7 Å². The maximum absolute atomic E-state index is 13.1. The molecule has 2 fully saturated rings. The number of nitrogens with one attached hydrogen (secondary N) is 1. The lowest BCUT2D eigenvalue weighted by Gasteiger charge is -2.26. The Hall–Kier alpha value is -2.21. The van der Waals surface area contributed by atoms with Crippen LogP contribution in [0.25, 0.3) is 11.4 Å². The topological polar surface area (TPSA) is 106 Å². The molecule has 0 atom stereocenters. The number of benzene rings is 1. The van der Waals surface area contributed by atoms with Gasteiger partial charge in [-0.1, -0.05) is 42.8 Å². The number of nitrogens with zero attached hydrogens (tertiary/aromatic N) is 4. The lowest BCUT2D eigenvalue weighted by atomic mass is 10.2. The molecule has 1 amide bonds. The number of allylic oxidation sites excluding steroid dienone is 1. The molecule has 1 saturated heterocycles. The number of ether oxygens (including phenoxy) is 1. The van der Waals surface area contributed by atoms with Gasteiger partial charge < -0.3 is 10.1 Å². The number of amides is 1. The molecule has 0 bridgehead atoms. The maximum atomic E-state index is 13.1. The first kappa shape index (κ1) is 23.9. The molecule has 2 aliphatic rings. The zero-order valence-corrected chi connectivity index (χ0v) is 20.1. The highest BCUT2D eigenvalue weighted by Gasteiger charge is 2.27. The molecule has 33 heavy (non-hydrogen) atoms. The van der Waals surface area contributed by atoms with Gasteiger partial charge in [0.1, 0.15) is 0 Å². The fourth-order valence-corrected chi connectivity index (χ4v) is 6.32. The first-order chi connectivity index (χ1) is 16.0. The van der Waals surface area contributed by atoms with Gasteiger partial charge in [-0.3, -0.25) is 9.36 Å². The van der Waals surface area contributed by atoms with E-state index in [1.807, 2.05) is 10.6 Å². The average Bonchev–Trinajstić information content (AvgIpc) is 3.49. The third-order valence-corrected chi connectivity index (χ3v) is 8.64. The third-order valence-electron chi connectivity index (χ3n) is 5.78. The molecule has 0 radical (unpaired) electrons. The summed E-state index contributed by atoms with van der Waals surface area (Å²) in [6, 6.07) is 7.00. The molecule has 1 saturated carbocycles. The van der Waals surface area contributed by atoms with Gasteiger partial charge in [-0.05, 0) is 25.0 Å². The van der Waals surface area contributed by atoms with Crippen molar-refractivity contribution in [2.45, 2.75) is 48.3 Å². The fraction of sp³-hybridized carbons (Fsp3) is 0.500. The van der Waals surface area contributed by atoms with Gasteiger partial charge in [-0.2, -0.15) is 4.31 Å². The highest BCUT2D eigenvalue weighted by atomic mass is 32.2. The van der Waals surface area contributed by atoms with Crippen LogP contribution in [0.5, 0.6) is 0 Å². The van der Waals surface area contributed by atoms with E-state index in [4.69, 9.17) is 4.74 Å². The van der Waals surface area contributed by atoms with Crippen LogP contribution in [-0.4, -0.2) is 71.5 Å². The van der Waals surface area contributed by atoms with E-state index in [9.17, 15) is 13.2 Å². The van der Waals surface area contributed by atoms with Crippen LogP contribution in [0.3, 0.4) is 0 Å². The average molecular weight is 492 g/mol. The number of carbonyl (C=O) groups excluding carboxylic acids is 1. The SMILES string of the molecule is C=CCn1c(SCC(=O)NC2CCCC2)nnc1-c1cccc(S(=O)(=O)N2CCOCC2)c1. The molecule has 1 aliphatic carbocycles. The Balaban J connectivity index is 1.52. The van der Waals surface area contributed by atoms with Crippen LogP contribution >= 0.6 is 11.8 Å². The van der Waals surface area contributed by atoms with E-state index in [2.05, 4.69) is 22.1 Å². The van der Waals surface area contributed by atoms with E-state index in [-0.39, 0.29) is 22.6 Å². The summed E-state index contributed by atoms with van der Waals surface area (Å²) in [4.78, 5) is 12.5. The van der Waals surface area contributed by atoms with Crippen molar-refractivity contribution in [2.75, 3.05) is 32.1 Å². The Morgan fingerprint density at radius 3 is 2.73 bits per heavy atom. The highest BCUT2D eigenvalue weighted by molar-refractivity contribution is 7.99. The minimum Gasteiger partial charge on any atom is -0.379 e. The van der Waals surface area contributed by atoms with Crippen LogP contribution in [0.2, 0.25) is 0 Å². The van der Waals surface area contributed by atoms with Crippen molar-refractivity contribution in [2.24, 2.45) is 0 Å². The van der Waals surface area contributed by atoms with E-state index < -0.39 is 10.0 Å². The number of morpholine rings is 1. The Morgan fingerprint density at radius 2 is 2.00 bits per heavy atom. The smallest absolute Gasteiger partial charge is 0.243 e. The largest absolute Gasteiger partial charge is 0.379 e. The van der Waals surface area contributed by atoms with Crippen molar-refractivity contribution in [3.63, 3.8) is 0 Å². The zero-order valence-electron chi connectivity index (χ0n) is 18.5. The van der Waals surface area contributed by atoms with Gasteiger partial charge >= 0.3 is 0 Å². The Kier molecular flexibility index (Phi) is 7.84. The molecule has 9 nitrogen and oxygen atoms in total. The van der Waals surface area contributed by atoms with Gasteiger partial charge in [0.05, 0.1) is 23.9 Å². The molecule has 0 unspecified atom stereocenters. The predicted octanol–water partition coefficient (Wildman–Crippen LogP) is 2.30. The molecule has 2 aromatic rings. The second-order valence-electron chi connectivity index (χ2n) is 8.09. The third kappa shape index (κ3) is 5.65. The predicted molar refractivity (Wildman–Crippen MR) is 126 cm³/mol. The molecule has 1 N–H and O–H groups in total. The Morgan fingerprint density at radius 1 is 1.24 bits per heavy atom. The summed E-state index contributed by atoms with van der Waals surface area (Å²) < 4.78 is 34.7. The molecule has 1 aromatic heterocycles. The van der Waals surface area contributed by atoms with Gasteiger partial charge in [0.25, 0.3) is 0 Å². The Labute approximate surface area is 198 Å². The van der Waals surface area contributed by atoms with E-state index in [1.165, 1.54) is 16.1 Å². The molecule has 4 rings (SSSR count). The van der Waals surface area contributed by atoms with Gasteiger partial charge in [0.15, 0.2) is 11.0 Å². The van der Waals surface area contributed by atoms with Crippen molar-refractivity contribution in [1.82, 2.24) is 24.4 Å². The summed E-state index contributed by atoms with van der Waals surface area (Å²) in [6.07, 6.45) is 6.13. The molecular formula is C22H29N5O4S2. The number of rotatable bonds is 9. The summed E-state index contributed by atoms with van der Waals surface area (Å²) in [5, 5.41) is 12.2. The highest BCUT2D eigenvalue weighted by Crippen LogP contribution is 2.27. The lowest BCUT2D eigenvalue weighted by Crippen LogP contribution is -2.40. The van der Waals surface area contributed by atoms with E-state index in [0.29, 0.717) is 49.4 Å². The van der Waals surface area contributed by atoms with Gasteiger partial charge in [-0.25, -0.2) is 8.42 Å². The Bertz CT molecular complexity index is 1090. The second-order valence-corrected chi connectivity index (χ2v) is 11.0. The minimum atomic E-state index is -3.63. The van der Waals surface area contributed by atoms with Crippen molar-refractivity contribution in [3.8, 4) is 11.4 Å². The number of thioether (sulfide) groups is 1. The van der Waals surface area contributed by atoms with E-state index >= 15 is 0 Å². The summed E-state index contributed by atoms with van der Waals surface area (Å²) in [6.45, 7) is 5.71. The van der Waals surface area contributed by atoms with Crippen LogP contribution in [0, 0.1) is 0 Å². The van der Waals surface area contributed by atoms with Gasteiger partial charge in [0, 0.05) is 31.2 Å². The quantitative estimate of drug-likeness (QED) is 0.424. The molecule has 1 aromatic carbocycles. The summed E-state index contributed by atoms with van der Waals surface area (Å²) in [5.41, 5.74) is 0.640. The molecule has 178 valence electrons. The van der Waals surface area contributed by atoms with Crippen molar-refractivity contribution in [1.29, 1.82) is 0 Å². The van der Waals surface area contributed by atoms with Crippen molar-refractivity contribution in [3.05, 3.63) is 36.9 Å². The first-order valence-electron chi connectivity index (χ1n) is 11.1. The fourth-order valence-electron chi connectivity index (χ4n) is 4.10. The number of hydrogen-bond acceptors (Lipinski definition) is 7. The van der Waals surface area contributed by atoms with Gasteiger partial charge in [0.2, 0.25) is 15.9 Å². The number of sulfonamides is 1. The monoisotopic (exact) mass is 491 g/mol. The van der Waals surface area contributed by atoms with Crippen molar-refractivity contribution < 1.29 is 17.9 Å². The molecule has 11 heteroatoms. The first-order valence-corrected chi connectivity index (χ1v) is 13.6.